The van der Waals surface area contributed by atoms with Crippen molar-refractivity contribution in [1.29, 1.82) is 0 Å². The van der Waals surface area contributed by atoms with E-state index in [1.165, 1.54) is 84.4 Å². The number of aliphatic hydroxyl groups is 1. The van der Waals surface area contributed by atoms with Gasteiger partial charge in [-0.05, 0) is 288 Å². The molecule has 1 N–H and O–H groups in total. The number of rotatable bonds is 3. The van der Waals surface area contributed by atoms with E-state index >= 15 is 0 Å². The number of benzene rings is 2. The molecule has 0 bridgehead atoms. The van der Waals surface area contributed by atoms with E-state index in [1.54, 1.807) is 16.0 Å². The molecule has 10 atom stereocenters. The minimum Gasteiger partial charge on any atom is -0.444 e. The SMILES string of the molecule is CC(C)(C)OC(=O)N1CC2CC(B3OC(C)(C)C(C)(C)O3)CC2C1.CC(C)(C)OC(=O)N1CC2CC(Cl)CC2C1.CC(C)(C)OC(=O)N1CC2CC(O)CC2C1.Cl.c1cc(C2CC3CCCC3C2)c2ccsc2c1.c1cc(C2CC3CCCC3C2)c2ccsc2c1. The Balaban J connectivity index is 0.000000126. The van der Waals surface area contributed by atoms with Crippen LogP contribution in [0.5, 0.6) is 0 Å². The number of hydrogen-bond acceptors (Lipinski definition) is 11. The molecule has 11 aliphatic rings. The van der Waals surface area contributed by atoms with Crippen molar-refractivity contribution in [2.45, 2.75) is 250 Å². The third-order valence-corrected chi connectivity index (χ3v) is 24.9. The molecular formula is C74H110BCl2N3O9S2. The van der Waals surface area contributed by atoms with Crippen LogP contribution in [0.25, 0.3) is 20.2 Å². The second-order valence-corrected chi connectivity index (χ2v) is 35.9. The Morgan fingerprint density at radius 3 is 1.14 bits per heavy atom. The highest BCUT2D eigenvalue weighted by molar-refractivity contribution is 7.17. The molecule has 4 aromatic rings. The molecule has 11 fully saturated rings. The molecule has 91 heavy (non-hydrogen) atoms. The number of carbonyl (C=O) groups excluding carboxylic acids is 3. The second-order valence-electron chi connectivity index (χ2n) is 33.4. The number of ether oxygens (including phenoxy) is 3. The van der Waals surface area contributed by atoms with Crippen LogP contribution in [0.2, 0.25) is 5.82 Å². The maximum Gasteiger partial charge on any atom is 0.461 e. The Labute approximate surface area is 565 Å². The van der Waals surface area contributed by atoms with Crippen molar-refractivity contribution >= 4 is 92.3 Å². The standard InChI is InChI=1S/C18H32BNO4.2C16H18S.C12H20ClNO2.C12H21NO3.ClH/c1-16(2,3)22-15(21)20-10-12-8-14(9-13(12)11-20)19-23-17(4,5)18(6,7)24-19;2*1-3-11-9-13(10-12(11)4-1)14-5-2-6-16-15(14)7-8-17-16;1-12(2,3)16-11(15)14-6-8-4-10(13)5-9(8)7-14;1-12(2,3)16-11(15)13-6-8-4-10(14)5-9(8)7-13;/h12-14H,8-11H2,1-7H3;2*2,5-8,11-13H,1,3-4,9-10H2;8-10H,4-7H2,1-3H3;8-10,14H,4-7H2,1-3H3;1H. The number of fused-ring (bicyclic) bond motifs is 7. The van der Waals surface area contributed by atoms with Gasteiger partial charge in [0.25, 0.3) is 0 Å². The Bertz CT molecular complexity index is 2880. The molecule has 4 aliphatic heterocycles. The normalized spacial score (nSPS) is 33.1. The van der Waals surface area contributed by atoms with Crippen LogP contribution in [0.3, 0.4) is 0 Å². The van der Waals surface area contributed by atoms with Crippen molar-refractivity contribution < 1.29 is 43.0 Å². The summed E-state index contributed by atoms with van der Waals surface area (Å²) in [6.45, 7) is 30.2. The van der Waals surface area contributed by atoms with Crippen molar-refractivity contribution in [3.05, 3.63) is 70.4 Å². The summed E-state index contributed by atoms with van der Waals surface area (Å²) < 4.78 is 31.6. The molecule has 0 radical (unpaired) electrons. The number of likely N-dealkylation sites (tertiary alicyclic amines) is 3. The summed E-state index contributed by atoms with van der Waals surface area (Å²) in [5.74, 6) is 9.55. The van der Waals surface area contributed by atoms with E-state index in [0.29, 0.717) is 46.7 Å². The molecule has 4 saturated heterocycles. The first-order chi connectivity index (χ1) is 42.4. The van der Waals surface area contributed by atoms with Gasteiger partial charge in [0.15, 0.2) is 0 Å². The van der Waals surface area contributed by atoms with Crippen molar-refractivity contribution in [3.8, 4) is 0 Å². The number of alkyl halides is 1. The van der Waals surface area contributed by atoms with Gasteiger partial charge in [0.2, 0.25) is 0 Å². The Morgan fingerprint density at radius 2 is 0.813 bits per heavy atom. The molecule has 6 heterocycles. The predicted molar refractivity (Wildman–Crippen MR) is 374 cm³/mol. The molecule has 3 amide bonds. The first-order valence-corrected chi connectivity index (χ1v) is 37.1. The Morgan fingerprint density at radius 1 is 0.495 bits per heavy atom. The van der Waals surface area contributed by atoms with Gasteiger partial charge in [-0.2, -0.15) is 0 Å². The van der Waals surface area contributed by atoms with Gasteiger partial charge in [-0.25, -0.2) is 14.4 Å². The average molecular weight is 1330 g/mol. The zero-order valence-corrected chi connectivity index (χ0v) is 60.4. The summed E-state index contributed by atoms with van der Waals surface area (Å²) in [5, 5.41) is 17.4. The number of thiophene rings is 2. The maximum absolute atomic E-state index is 12.3. The number of aliphatic hydroxyl groups excluding tert-OH is 1. The van der Waals surface area contributed by atoms with E-state index in [1.807, 2.05) is 94.8 Å². The fraction of sp³-hybridized carbons (Fsp3) is 0.743. The van der Waals surface area contributed by atoms with Gasteiger partial charge >= 0.3 is 25.4 Å². The second kappa shape index (κ2) is 28.4. The van der Waals surface area contributed by atoms with E-state index in [0.717, 1.165) is 113 Å². The largest absolute Gasteiger partial charge is 0.461 e. The van der Waals surface area contributed by atoms with Gasteiger partial charge < -0.3 is 43.3 Å². The molecule has 2 aromatic carbocycles. The van der Waals surface area contributed by atoms with E-state index in [2.05, 4.69) is 87.0 Å². The highest BCUT2D eigenvalue weighted by atomic mass is 35.5. The highest BCUT2D eigenvalue weighted by Crippen LogP contribution is 2.54. The molecule has 7 aliphatic carbocycles. The molecule has 0 spiro atoms. The lowest BCUT2D eigenvalue weighted by Crippen LogP contribution is -2.41. The molecule has 15 rings (SSSR count). The van der Waals surface area contributed by atoms with Crippen molar-refractivity contribution in [3.63, 3.8) is 0 Å². The van der Waals surface area contributed by atoms with Crippen LogP contribution in [-0.2, 0) is 23.5 Å². The summed E-state index contributed by atoms with van der Waals surface area (Å²) in [7, 11) is -0.115. The summed E-state index contributed by atoms with van der Waals surface area (Å²) in [6.07, 6.45) is 20.0. The van der Waals surface area contributed by atoms with E-state index < -0.39 is 16.8 Å². The summed E-state index contributed by atoms with van der Waals surface area (Å²) in [4.78, 5) is 41.4. The lowest BCUT2D eigenvalue weighted by molar-refractivity contribution is 0.00578. The third kappa shape index (κ3) is 17.1. The zero-order valence-electron chi connectivity index (χ0n) is 57.2. The highest BCUT2D eigenvalue weighted by Gasteiger charge is 2.57. The number of amides is 3. The molecule has 7 saturated carbocycles. The van der Waals surface area contributed by atoms with Crippen LogP contribution in [0.15, 0.2) is 59.3 Å². The van der Waals surface area contributed by atoms with Gasteiger partial charge in [0.1, 0.15) is 16.8 Å². The minimum atomic E-state index is -0.431. The smallest absolute Gasteiger partial charge is 0.444 e. The molecule has 504 valence electrons. The van der Waals surface area contributed by atoms with Gasteiger partial charge in [0.05, 0.1) is 17.3 Å². The van der Waals surface area contributed by atoms with Gasteiger partial charge in [-0.15, -0.1) is 46.7 Å². The molecule has 17 heteroatoms. The minimum absolute atomic E-state index is 0. The molecular weight excluding hydrogens is 1220 g/mol. The van der Waals surface area contributed by atoms with E-state index in [9.17, 15) is 19.5 Å². The van der Waals surface area contributed by atoms with Gasteiger partial charge in [0, 0.05) is 54.0 Å². The van der Waals surface area contributed by atoms with Crippen LogP contribution in [0.4, 0.5) is 14.4 Å². The number of halogens is 2. The maximum atomic E-state index is 12.3. The van der Waals surface area contributed by atoms with Crippen LogP contribution >= 0.6 is 46.7 Å². The fourth-order valence-corrected chi connectivity index (χ4v) is 20.0. The average Bonchev–Trinajstić information content (AvgIpc) is 1.64. The monoisotopic (exact) mass is 1330 g/mol. The van der Waals surface area contributed by atoms with Crippen LogP contribution in [0.1, 0.15) is 216 Å². The summed E-state index contributed by atoms with van der Waals surface area (Å²) in [6, 6.07) is 18.4. The Kier molecular flexibility index (Phi) is 22.0. The van der Waals surface area contributed by atoms with Crippen LogP contribution in [-0.4, -0.2) is 124 Å². The first-order valence-electron chi connectivity index (χ1n) is 34.9. The fourth-order valence-electron chi connectivity index (χ4n) is 17.9. The predicted octanol–water partition coefficient (Wildman–Crippen LogP) is 19.0. The number of hydrogen-bond donors (Lipinski definition) is 1. The summed E-state index contributed by atoms with van der Waals surface area (Å²) >= 11 is 9.88. The number of carbonyl (C=O) groups is 3. The zero-order chi connectivity index (χ0) is 64.2. The lowest BCUT2D eigenvalue weighted by atomic mass is 9.70. The topological polar surface area (TPSA) is 127 Å². The van der Waals surface area contributed by atoms with Crippen LogP contribution < -0.4 is 0 Å². The van der Waals surface area contributed by atoms with Crippen molar-refractivity contribution in [1.82, 2.24) is 14.7 Å². The quantitative estimate of drug-likeness (QED) is 0.121. The number of nitrogens with zero attached hydrogens (tertiary/aromatic N) is 3. The van der Waals surface area contributed by atoms with E-state index in [4.69, 9.17) is 35.1 Å². The Hall–Kier alpha value is -3.31. The van der Waals surface area contributed by atoms with Crippen molar-refractivity contribution in [2.24, 2.45) is 59.2 Å². The van der Waals surface area contributed by atoms with E-state index in [-0.39, 0.29) is 55.1 Å². The molecule has 2 aromatic heterocycles. The van der Waals surface area contributed by atoms with Gasteiger partial charge in [-0.3, -0.25) is 0 Å². The van der Waals surface area contributed by atoms with Gasteiger partial charge in [-0.1, -0.05) is 62.8 Å². The third-order valence-electron chi connectivity index (χ3n) is 22.7. The van der Waals surface area contributed by atoms with Crippen LogP contribution in [0, 0.1) is 59.2 Å². The lowest BCUT2D eigenvalue weighted by Gasteiger charge is -2.32. The molecule has 12 nitrogen and oxygen atoms in total. The first kappa shape index (κ1) is 70.5. The molecule has 10 unspecified atom stereocenters. The van der Waals surface area contributed by atoms with Crippen molar-refractivity contribution in [2.75, 3.05) is 39.3 Å². The summed E-state index contributed by atoms with van der Waals surface area (Å²) in [5.41, 5.74) is 1.49.